The number of hydrogen-bond acceptors (Lipinski definition) is 3. The van der Waals surface area contributed by atoms with E-state index >= 15 is 0 Å². The van der Waals surface area contributed by atoms with Crippen LogP contribution in [-0.4, -0.2) is 23.9 Å². The van der Waals surface area contributed by atoms with E-state index in [1.165, 1.54) is 0 Å². The van der Waals surface area contributed by atoms with Crippen molar-refractivity contribution in [2.45, 2.75) is 45.8 Å². The SMILES string of the molecule is CC(C)(C)COC1CC(N=C=S)C1. The van der Waals surface area contributed by atoms with Gasteiger partial charge in [-0.3, -0.25) is 0 Å². The summed E-state index contributed by atoms with van der Waals surface area (Å²) in [6.07, 6.45) is 2.43. The molecule has 0 aromatic carbocycles. The lowest BCUT2D eigenvalue weighted by Gasteiger charge is -2.33. The summed E-state index contributed by atoms with van der Waals surface area (Å²) in [4.78, 5) is 4.01. The highest BCUT2D eigenvalue weighted by Gasteiger charge is 2.30. The van der Waals surface area contributed by atoms with Crippen molar-refractivity contribution in [2.75, 3.05) is 6.61 Å². The van der Waals surface area contributed by atoms with Gasteiger partial charge in [0.05, 0.1) is 23.9 Å². The lowest BCUT2D eigenvalue weighted by Crippen LogP contribution is -2.36. The molecule has 13 heavy (non-hydrogen) atoms. The lowest BCUT2D eigenvalue weighted by atomic mass is 9.89. The highest BCUT2D eigenvalue weighted by Crippen LogP contribution is 2.27. The van der Waals surface area contributed by atoms with Gasteiger partial charge in [-0.2, -0.15) is 0 Å². The van der Waals surface area contributed by atoms with Crippen LogP contribution in [0.2, 0.25) is 0 Å². The van der Waals surface area contributed by atoms with E-state index < -0.39 is 0 Å². The molecular formula is C10H17NOS. The van der Waals surface area contributed by atoms with Crippen molar-refractivity contribution < 1.29 is 4.74 Å². The van der Waals surface area contributed by atoms with Crippen LogP contribution < -0.4 is 0 Å². The highest BCUT2D eigenvalue weighted by molar-refractivity contribution is 7.78. The molecule has 0 amide bonds. The molecule has 0 radical (unpaired) electrons. The molecule has 0 N–H and O–H groups in total. The first-order chi connectivity index (χ1) is 6.01. The summed E-state index contributed by atoms with van der Waals surface area (Å²) in [6.45, 7) is 7.36. The van der Waals surface area contributed by atoms with Gasteiger partial charge in [0.1, 0.15) is 0 Å². The predicted octanol–water partition coefficient (Wildman–Crippen LogP) is 2.68. The molecule has 0 heterocycles. The zero-order valence-corrected chi connectivity index (χ0v) is 9.36. The van der Waals surface area contributed by atoms with E-state index in [4.69, 9.17) is 4.74 Å². The first kappa shape index (κ1) is 10.8. The number of thiocarbonyl (C=S) groups is 1. The van der Waals surface area contributed by atoms with Gasteiger partial charge in [-0.25, -0.2) is 4.99 Å². The van der Waals surface area contributed by atoms with Crippen molar-refractivity contribution >= 4 is 17.4 Å². The molecule has 74 valence electrons. The second-order valence-corrected chi connectivity index (χ2v) is 5.02. The molecule has 0 spiro atoms. The summed E-state index contributed by atoms with van der Waals surface area (Å²) in [5, 5.41) is 2.42. The van der Waals surface area contributed by atoms with E-state index in [1.807, 2.05) is 0 Å². The average Bonchev–Trinajstić information content (AvgIpc) is 1.91. The average molecular weight is 199 g/mol. The molecule has 0 saturated heterocycles. The first-order valence-electron chi connectivity index (χ1n) is 4.70. The summed E-state index contributed by atoms with van der Waals surface area (Å²) in [6, 6.07) is 0.377. The van der Waals surface area contributed by atoms with Crippen LogP contribution in [0.15, 0.2) is 4.99 Å². The van der Waals surface area contributed by atoms with Gasteiger partial charge in [-0.1, -0.05) is 20.8 Å². The maximum atomic E-state index is 5.70. The summed E-state index contributed by atoms with van der Waals surface area (Å²) < 4.78 is 5.70. The molecule has 0 bridgehead atoms. The molecule has 1 rings (SSSR count). The number of aliphatic imine (C=N–C) groups is 1. The van der Waals surface area contributed by atoms with Crippen molar-refractivity contribution in [3.63, 3.8) is 0 Å². The van der Waals surface area contributed by atoms with Crippen LogP contribution in [0.3, 0.4) is 0 Å². The van der Waals surface area contributed by atoms with Crippen LogP contribution in [0.5, 0.6) is 0 Å². The maximum Gasteiger partial charge on any atom is 0.0652 e. The molecule has 1 aliphatic carbocycles. The Balaban J connectivity index is 2.12. The minimum absolute atomic E-state index is 0.262. The number of isothiocyanates is 1. The van der Waals surface area contributed by atoms with Crippen molar-refractivity contribution in [3.8, 4) is 0 Å². The van der Waals surface area contributed by atoms with Crippen molar-refractivity contribution in [2.24, 2.45) is 10.4 Å². The van der Waals surface area contributed by atoms with E-state index in [2.05, 4.69) is 43.1 Å². The molecule has 0 aromatic rings. The van der Waals surface area contributed by atoms with Gasteiger partial charge in [-0.15, -0.1) is 0 Å². The van der Waals surface area contributed by atoms with E-state index in [9.17, 15) is 0 Å². The summed E-state index contributed by atoms with van der Waals surface area (Å²) in [7, 11) is 0. The van der Waals surface area contributed by atoms with Gasteiger partial charge in [0, 0.05) is 0 Å². The van der Waals surface area contributed by atoms with Crippen LogP contribution in [0.4, 0.5) is 0 Å². The Labute approximate surface area is 85.4 Å². The minimum atomic E-state index is 0.262. The Morgan fingerprint density at radius 1 is 1.46 bits per heavy atom. The Morgan fingerprint density at radius 2 is 2.08 bits per heavy atom. The largest absolute Gasteiger partial charge is 0.378 e. The molecule has 0 unspecified atom stereocenters. The number of ether oxygens (including phenoxy) is 1. The van der Waals surface area contributed by atoms with Crippen molar-refractivity contribution in [3.05, 3.63) is 0 Å². The number of nitrogens with zero attached hydrogens (tertiary/aromatic N) is 1. The maximum absolute atomic E-state index is 5.70. The molecule has 3 heteroatoms. The van der Waals surface area contributed by atoms with Gasteiger partial charge in [0.2, 0.25) is 0 Å². The van der Waals surface area contributed by atoms with Crippen LogP contribution >= 0.6 is 12.2 Å². The lowest BCUT2D eigenvalue weighted by molar-refractivity contribution is -0.0388. The Hall–Kier alpha value is -0.240. The molecule has 0 aromatic heterocycles. The van der Waals surface area contributed by atoms with E-state index in [1.54, 1.807) is 0 Å². The fourth-order valence-electron chi connectivity index (χ4n) is 1.22. The van der Waals surface area contributed by atoms with Crippen LogP contribution in [0.1, 0.15) is 33.6 Å². The number of rotatable bonds is 3. The van der Waals surface area contributed by atoms with Gasteiger partial charge in [-0.05, 0) is 30.5 Å². The van der Waals surface area contributed by atoms with Gasteiger partial charge < -0.3 is 4.74 Å². The molecule has 2 nitrogen and oxygen atoms in total. The summed E-state index contributed by atoms with van der Waals surface area (Å²) in [5.41, 5.74) is 0.262. The minimum Gasteiger partial charge on any atom is -0.378 e. The molecule has 0 atom stereocenters. The fraction of sp³-hybridized carbons (Fsp3) is 0.900. The van der Waals surface area contributed by atoms with Crippen LogP contribution in [0.25, 0.3) is 0 Å². The normalized spacial score (nSPS) is 27.6. The van der Waals surface area contributed by atoms with E-state index in [0.717, 1.165) is 19.4 Å². The van der Waals surface area contributed by atoms with Crippen LogP contribution in [0, 0.1) is 5.41 Å². The summed E-state index contributed by atoms with van der Waals surface area (Å²) >= 11 is 4.53. The Kier molecular flexibility index (Phi) is 3.60. The van der Waals surface area contributed by atoms with Crippen molar-refractivity contribution in [1.82, 2.24) is 0 Å². The summed E-state index contributed by atoms with van der Waals surface area (Å²) in [5.74, 6) is 0. The predicted molar refractivity (Wildman–Crippen MR) is 57.2 cm³/mol. The second-order valence-electron chi connectivity index (χ2n) is 4.84. The third-order valence-electron chi connectivity index (χ3n) is 2.06. The zero-order chi connectivity index (χ0) is 9.90. The van der Waals surface area contributed by atoms with Gasteiger partial charge in [0.25, 0.3) is 0 Å². The molecular weight excluding hydrogens is 182 g/mol. The van der Waals surface area contributed by atoms with Gasteiger partial charge >= 0.3 is 0 Å². The third-order valence-corrected chi connectivity index (χ3v) is 2.16. The fourth-order valence-corrected chi connectivity index (χ4v) is 1.37. The van der Waals surface area contributed by atoms with Crippen molar-refractivity contribution in [1.29, 1.82) is 0 Å². The Bertz CT molecular complexity index is 209. The second kappa shape index (κ2) is 4.32. The quantitative estimate of drug-likeness (QED) is 0.515. The first-order valence-corrected chi connectivity index (χ1v) is 5.11. The Morgan fingerprint density at radius 3 is 2.54 bits per heavy atom. The molecule has 0 aliphatic heterocycles. The molecule has 1 aliphatic rings. The number of hydrogen-bond donors (Lipinski definition) is 0. The van der Waals surface area contributed by atoms with Gasteiger partial charge in [0.15, 0.2) is 0 Å². The molecule has 1 saturated carbocycles. The van der Waals surface area contributed by atoms with E-state index in [-0.39, 0.29) is 5.41 Å². The van der Waals surface area contributed by atoms with E-state index in [0.29, 0.717) is 12.1 Å². The standard InChI is InChI=1S/C10H17NOS/c1-10(2,3)6-12-9-4-8(5-9)11-7-13/h8-9H,4-6H2,1-3H3. The zero-order valence-electron chi connectivity index (χ0n) is 8.54. The highest BCUT2D eigenvalue weighted by atomic mass is 32.1. The third kappa shape index (κ3) is 3.99. The molecule has 1 fully saturated rings. The van der Waals surface area contributed by atoms with Crippen LogP contribution in [-0.2, 0) is 4.74 Å². The smallest absolute Gasteiger partial charge is 0.0652 e. The monoisotopic (exact) mass is 199 g/mol. The topological polar surface area (TPSA) is 21.6 Å².